The fourth-order valence-corrected chi connectivity index (χ4v) is 1.52. The van der Waals surface area contributed by atoms with Crippen molar-refractivity contribution in [3.8, 4) is 0 Å². The molecule has 0 radical (unpaired) electrons. The molecule has 0 aliphatic rings. The standard InChI is InChI=1S/C14H19N3O2/c1-4-17(3)10(2)11-6-5-7-12(8-11)14(19)16-9-13(15)18/h5-8H,2,4,9H2,1,3H3,(H2,15,18)(H,16,19). The molecule has 0 unspecified atom stereocenters. The number of carbonyl (C=O) groups is 2. The van der Waals surface area contributed by atoms with E-state index in [0.717, 1.165) is 17.8 Å². The van der Waals surface area contributed by atoms with E-state index in [9.17, 15) is 9.59 Å². The van der Waals surface area contributed by atoms with E-state index in [1.54, 1.807) is 18.2 Å². The van der Waals surface area contributed by atoms with Crippen molar-refractivity contribution in [2.24, 2.45) is 5.73 Å². The number of primary amides is 1. The lowest BCUT2D eigenvalue weighted by Crippen LogP contribution is -2.33. The Kier molecular flexibility index (Phi) is 5.11. The van der Waals surface area contributed by atoms with Crippen LogP contribution in [0.3, 0.4) is 0 Å². The van der Waals surface area contributed by atoms with Gasteiger partial charge in [-0.25, -0.2) is 0 Å². The molecule has 0 bridgehead atoms. The average molecular weight is 261 g/mol. The maximum Gasteiger partial charge on any atom is 0.251 e. The molecule has 0 aliphatic carbocycles. The fraction of sp³-hybridized carbons (Fsp3) is 0.286. The lowest BCUT2D eigenvalue weighted by molar-refractivity contribution is -0.117. The van der Waals surface area contributed by atoms with Crippen molar-refractivity contribution in [2.75, 3.05) is 20.1 Å². The molecule has 0 saturated heterocycles. The van der Waals surface area contributed by atoms with Crippen LogP contribution in [-0.2, 0) is 4.79 Å². The maximum absolute atomic E-state index is 11.8. The summed E-state index contributed by atoms with van der Waals surface area (Å²) in [5.41, 5.74) is 7.17. The summed E-state index contributed by atoms with van der Waals surface area (Å²) in [6.45, 7) is 6.68. The SMILES string of the molecule is C=C(c1cccc(C(=O)NCC(N)=O)c1)N(C)CC. The number of hydrogen-bond acceptors (Lipinski definition) is 3. The molecular formula is C14H19N3O2. The van der Waals surface area contributed by atoms with Gasteiger partial charge >= 0.3 is 0 Å². The van der Waals surface area contributed by atoms with Gasteiger partial charge in [0, 0.05) is 24.9 Å². The van der Waals surface area contributed by atoms with Crippen LogP contribution in [-0.4, -0.2) is 36.9 Å². The highest BCUT2D eigenvalue weighted by molar-refractivity contribution is 5.96. The summed E-state index contributed by atoms with van der Waals surface area (Å²) in [6.07, 6.45) is 0. The quantitative estimate of drug-likeness (QED) is 0.796. The molecule has 1 rings (SSSR count). The van der Waals surface area contributed by atoms with Crippen LogP contribution in [0.15, 0.2) is 30.8 Å². The molecule has 0 fully saturated rings. The van der Waals surface area contributed by atoms with E-state index in [1.165, 1.54) is 0 Å². The maximum atomic E-state index is 11.8. The molecular weight excluding hydrogens is 242 g/mol. The van der Waals surface area contributed by atoms with Gasteiger partial charge in [0.05, 0.1) is 6.54 Å². The monoisotopic (exact) mass is 261 g/mol. The predicted molar refractivity (Wildman–Crippen MR) is 75.3 cm³/mol. The third kappa shape index (κ3) is 4.13. The predicted octanol–water partition coefficient (Wildman–Crippen LogP) is 0.824. The van der Waals surface area contributed by atoms with Gasteiger partial charge in [-0.05, 0) is 24.6 Å². The van der Waals surface area contributed by atoms with Crippen LogP contribution in [0.1, 0.15) is 22.8 Å². The third-order valence-electron chi connectivity index (χ3n) is 2.82. The van der Waals surface area contributed by atoms with E-state index in [4.69, 9.17) is 5.73 Å². The lowest BCUT2D eigenvalue weighted by Gasteiger charge is -2.20. The molecule has 102 valence electrons. The molecule has 0 aromatic heterocycles. The molecule has 0 saturated carbocycles. The van der Waals surface area contributed by atoms with Gasteiger partial charge in [0.25, 0.3) is 5.91 Å². The Morgan fingerprint density at radius 2 is 2.00 bits per heavy atom. The molecule has 0 heterocycles. The van der Waals surface area contributed by atoms with Crippen molar-refractivity contribution in [1.82, 2.24) is 10.2 Å². The first-order valence-electron chi connectivity index (χ1n) is 6.02. The van der Waals surface area contributed by atoms with Crippen LogP contribution < -0.4 is 11.1 Å². The number of benzene rings is 1. The van der Waals surface area contributed by atoms with Gasteiger partial charge in [-0.1, -0.05) is 18.7 Å². The van der Waals surface area contributed by atoms with Crippen molar-refractivity contribution in [3.63, 3.8) is 0 Å². The Morgan fingerprint density at radius 1 is 1.37 bits per heavy atom. The van der Waals surface area contributed by atoms with E-state index < -0.39 is 5.91 Å². The van der Waals surface area contributed by atoms with E-state index in [2.05, 4.69) is 11.9 Å². The molecule has 0 atom stereocenters. The first-order valence-corrected chi connectivity index (χ1v) is 6.02. The first kappa shape index (κ1) is 14.8. The van der Waals surface area contributed by atoms with Gasteiger partial charge in [-0.3, -0.25) is 9.59 Å². The van der Waals surface area contributed by atoms with Gasteiger partial charge in [-0.2, -0.15) is 0 Å². The van der Waals surface area contributed by atoms with Gasteiger partial charge in [0.1, 0.15) is 0 Å². The number of rotatable bonds is 6. The molecule has 0 spiro atoms. The van der Waals surface area contributed by atoms with Crippen molar-refractivity contribution in [2.45, 2.75) is 6.92 Å². The molecule has 0 aliphatic heterocycles. The van der Waals surface area contributed by atoms with E-state index >= 15 is 0 Å². The summed E-state index contributed by atoms with van der Waals surface area (Å²) in [6, 6.07) is 7.09. The zero-order chi connectivity index (χ0) is 14.4. The number of nitrogens with one attached hydrogen (secondary N) is 1. The van der Waals surface area contributed by atoms with Crippen LogP contribution in [0, 0.1) is 0 Å². The van der Waals surface area contributed by atoms with Crippen molar-refractivity contribution in [1.29, 1.82) is 0 Å². The minimum atomic E-state index is -0.570. The second-order valence-corrected chi connectivity index (χ2v) is 4.19. The summed E-state index contributed by atoms with van der Waals surface area (Å²) in [5.74, 6) is -0.896. The first-order chi connectivity index (χ1) is 8.95. The van der Waals surface area contributed by atoms with Gasteiger partial charge in [-0.15, -0.1) is 0 Å². The summed E-state index contributed by atoms with van der Waals surface area (Å²) in [7, 11) is 1.93. The van der Waals surface area contributed by atoms with E-state index in [0.29, 0.717) is 5.56 Å². The van der Waals surface area contributed by atoms with Crippen molar-refractivity contribution in [3.05, 3.63) is 42.0 Å². The molecule has 1 aromatic rings. The van der Waals surface area contributed by atoms with Crippen molar-refractivity contribution >= 4 is 17.5 Å². The van der Waals surface area contributed by atoms with Gasteiger partial charge < -0.3 is 16.0 Å². The Bertz CT molecular complexity index is 497. The lowest BCUT2D eigenvalue weighted by atomic mass is 10.1. The highest BCUT2D eigenvalue weighted by Crippen LogP contribution is 2.16. The summed E-state index contributed by atoms with van der Waals surface area (Å²) >= 11 is 0. The van der Waals surface area contributed by atoms with Crippen LogP contribution in [0.4, 0.5) is 0 Å². The Hall–Kier alpha value is -2.30. The number of carbonyl (C=O) groups excluding carboxylic acids is 2. The smallest absolute Gasteiger partial charge is 0.251 e. The molecule has 1 aromatic carbocycles. The average Bonchev–Trinajstić information content (AvgIpc) is 2.43. The van der Waals surface area contributed by atoms with E-state index in [-0.39, 0.29) is 12.5 Å². The summed E-state index contributed by atoms with van der Waals surface area (Å²) in [5, 5.41) is 2.45. The zero-order valence-electron chi connectivity index (χ0n) is 11.3. The molecule has 2 amide bonds. The molecule has 3 N–H and O–H groups in total. The fourth-order valence-electron chi connectivity index (χ4n) is 1.52. The summed E-state index contributed by atoms with van der Waals surface area (Å²) < 4.78 is 0. The Morgan fingerprint density at radius 3 is 2.58 bits per heavy atom. The molecule has 5 nitrogen and oxygen atoms in total. The normalized spacial score (nSPS) is 9.79. The zero-order valence-corrected chi connectivity index (χ0v) is 11.3. The number of nitrogens with two attached hydrogens (primary N) is 1. The van der Waals surface area contributed by atoms with Crippen LogP contribution >= 0.6 is 0 Å². The second-order valence-electron chi connectivity index (χ2n) is 4.19. The minimum absolute atomic E-state index is 0.168. The third-order valence-corrected chi connectivity index (χ3v) is 2.82. The van der Waals surface area contributed by atoms with E-state index in [1.807, 2.05) is 24.9 Å². The number of hydrogen-bond donors (Lipinski definition) is 2. The molecule has 5 heteroatoms. The Labute approximate surface area is 113 Å². The number of nitrogens with zero attached hydrogens (tertiary/aromatic N) is 1. The van der Waals surface area contributed by atoms with Crippen LogP contribution in [0.2, 0.25) is 0 Å². The second kappa shape index (κ2) is 6.58. The minimum Gasteiger partial charge on any atom is -0.375 e. The van der Waals surface area contributed by atoms with Crippen LogP contribution in [0.5, 0.6) is 0 Å². The topological polar surface area (TPSA) is 75.4 Å². The Balaban J connectivity index is 2.85. The largest absolute Gasteiger partial charge is 0.375 e. The summed E-state index contributed by atoms with van der Waals surface area (Å²) in [4.78, 5) is 24.4. The van der Waals surface area contributed by atoms with Gasteiger partial charge in [0.15, 0.2) is 0 Å². The number of amides is 2. The molecule has 19 heavy (non-hydrogen) atoms. The van der Waals surface area contributed by atoms with Gasteiger partial charge in [0.2, 0.25) is 5.91 Å². The highest BCUT2D eigenvalue weighted by Gasteiger charge is 2.09. The van der Waals surface area contributed by atoms with Crippen molar-refractivity contribution < 1.29 is 9.59 Å². The van der Waals surface area contributed by atoms with Crippen LogP contribution in [0.25, 0.3) is 5.70 Å². The highest BCUT2D eigenvalue weighted by atomic mass is 16.2.